The molecule has 0 bridgehead atoms. The van der Waals surface area contributed by atoms with Crippen LogP contribution in [0, 0.1) is 0 Å². The molecule has 2 N–H and O–H groups in total. The molecule has 4 nitrogen and oxygen atoms in total. The van der Waals surface area contributed by atoms with Crippen LogP contribution in [0.2, 0.25) is 0 Å². The van der Waals surface area contributed by atoms with Crippen molar-refractivity contribution in [1.82, 2.24) is 0 Å². The number of nitrogens with zero attached hydrogens (tertiary/aromatic N) is 2. The van der Waals surface area contributed by atoms with E-state index in [1.807, 2.05) is 12.1 Å². The van der Waals surface area contributed by atoms with Gasteiger partial charge in [0.25, 0.3) is 0 Å². The number of hydrogen-bond donors (Lipinski definition) is 2. The van der Waals surface area contributed by atoms with Gasteiger partial charge in [-0.05, 0) is 44.9 Å². The molecule has 0 amide bonds. The van der Waals surface area contributed by atoms with Gasteiger partial charge in [-0.3, -0.25) is 9.98 Å². The summed E-state index contributed by atoms with van der Waals surface area (Å²) in [6.07, 6.45) is 3.51. The average molecular weight is 552 g/mol. The molecule has 0 saturated heterocycles. The van der Waals surface area contributed by atoms with E-state index in [9.17, 15) is 10.2 Å². The Morgan fingerprint density at radius 2 is 0.838 bits per heavy atom. The van der Waals surface area contributed by atoms with Gasteiger partial charge < -0.3 is 10.2 Å². The zero-order valence-electron chi connectivity index (χ0n) is 25.0. The zero-order chi connectivity index (χ0) is 27.7. The Hall–Kier alpha value is -2.11. The second-order valence-electron chi connectivity index (χ2n) is 14.0. The molecule has 0 aliphatic rings. The molecular weight excluding hydrogens is 503 g/mol. The monoisotopic (exact) mass is 551 g/mol. The van der Waals surface area contributed by atoms with Gasteiger partial charge >= 0.3 is 16.8 Å². The molecule has 2 aromatic rings. The Balaban J connectivity index is 0.00000684. The Kier molecular flexibility index (Phi) is 10.4. The molecule has 0 atom stereocenters. The second kappa shape index (κ2) is 11.7. The third kappa shape index (κ3) is 8.71. The molecule has 0 heterocycles. The summed E-state index contributed by atoms with van der Waals surface area (Å²) in [5.74, 6) is 0.586. The van der Waals surface area contributed by atoms with E-state index < -0.39 is 0 Å². The first-order valence-electron chi connectivity index (χ1n) is 13.0. The summed E-state index contributed by atoms with van der Waals surface area (Å²) in [6, 6.07) is 8.28. The van der Waals surface area contributed by atoms with Crippen molar-refractivity contribution in [2.45, 2.75) is 105 Å². The van der Waals surface area contributed by atoms with Crippen molar-refractivity contribution in [2.75, 3.05) is 13.1 Å². The van der Waals surface area contributed by atoms with Gasteiger partial charge in [0.05, 0.1) is 13.1 Å². The molecular formula is C32H48CoN2O2+2. The predicted octanol–water partition coefficient (Wildman–Crippen LogP) is 7.82. The summed E-state index contributed by atoms with van der Waals surface area (Å²) in [5, 5.41) is 21.9. The Morgan fingerprint density at radius 1 is 0.541 bits per heavy atom. The number of aromatic hydroxyl groups is 2. The Bertz CT molecular complexity index is 1040. The first-order chi connectivity index (χ1) is 16.2. The van der Waals surface area contributed by atoms with Crippen LogP contribution < -0.4 is 0 Å². The maximum Gasteiger partial charge on any atom is 2.00 e. The number of hydrogen-bond acceptors (Lipinski definition) is 4. The van der Waals surface area contributed by atoms with Crippen molar-refractivity contribution >= 4 is 12.4 Å². The number of phenolic OH excluding ortho intramolecular Hbond substituents is 2. The van der Waals surface area contributed by atoms with Crippen LogP contribution in [0.3, 0.4) is 0 Å². The third-order valence-corrected chi connectivity index (χ3v) is 6.45. The minimum absolute atomic E-state index is 0. The minimum atomic E-state index is -0.173. The minimum Gasteiger partial charge on any atom is -0.507 e. The number of benzene rings is 2. The molecule has 0 saturated carbocycles. The topological polar surface area (TPSA) is 65.2 Å². The van der Waals surface area contributed by atoms with Gasteiger partial charge in [-0.1, -0.05) is 95.2 Å². The average Bonchev–Trinajstić information content (AvgIpc) is 2.69. The molecule has 0 fully saturated rings. The fourth-order valence-electron chi connectivity index (χ4n) is 3.96. The summed E-state index contributed by atoms with van der Waals surface area (Å²) in [7, 11) is 0. The van der Waals surface area contributed by atoms with Gasteiger partial charge in [-0.15, -0.1) is 0 Å². The molecule has 0 aliphatic heterocycles. The molecule has 0 unspecified atom stereocenters. The van der Waals surface area contributed by atoms with Crippen LogP contribution in [-0.4, -0.2) is 35.7 Å². The predicted molar refractivity (Wildman–Crippen MR) is 156 cm³/mol. The maximum absolute atomic E-state index is 10.9. The molecule has 1 radical (unpaired) electrons. The van der Waals surface area contributed by atoms with Crippen molar-refractivity contribution in [3.05, 3.63) is 57.6 Å². The van der Waals surface area contributed by atoms with Crippen LogP contribution in [0.4, 0.5) is 0 Å². The molecule has 0 spiro atoms. The van der Waals surface area contributed by atoms with Crippen LogP contribution in [0.25, 0.3) is 0 Å². The summed E-state index contributed by atoms with van der Waals surface area (Å²) in [4.78, 5) is 9.11. The van der Waals surface area contributed by atoms with E-state index >= 15 is 0 Å². The van der Waals surface area contributed by atoms with Gasteiger partial charge in [-0.25, -0.2) is 0 Å². The van der Waals surface area contributed by atoms with E-state index in [1.54, 1.807) is 12.4 Å². The van der Waals surface area contributed by atoms with Crippen molar-refractivity contribution in [1.29, 1.82) is 0 Å². The summed E-state index contributed by atoms with van der Waals surface area (Å²) in [5.41, 5.74) is 5.27. The molecule has 0 aromatic heterocycles. The Labute approximate surface area is 235 Å². The summed E-state index contributed by atoms with van der Waals surface area (Å²) >= 11 is 0. The smallest absolute Gasteiger partial charge is 0.507 e. The fraction of sp³-hybridized carbons (Fsp3) is 0.562. The molecule has 2 rings (SSSR count). The Morgan fingerprint density at radius 3 is 1.08 bits per heavy atom. The van der Waals surface area contributed by atoms with Gasteiger partial charge in [0, 0.05) is 34.7 Å². The molecule has 2 aromatic carbocycles. The second-order valence-corrected chi connectivity index (χ2v) is 14.0. The van der Waals surface area contributed by atoms with E-state index in [-0.39, 0.29) is 38.4 Å². The van der Waals surface area contributed by atoms with Gasteiger partial charge in [0.15, 0.2) is 0 Å². The maximum atomic E-state index is 10.9. The number of phenols is 2. The van der Waals surface area contributed by atoms with E-state index in [4.69, 9.17) is 0 Å². The van der Waals surface area contributed by atoms with Crippen LogP contribution in [-0.2, 0) is 38.4 Å². The van der Waals surface area contributed by atoms with E-state index in [0.29, 0.717) is 24.6 Å². The number of rotatable bonds is 5. The van der Waals surface area contributed by atoms with Gasteiger partial charge in [-0.2, -0.15) is 0 Å². The quantitative estimate of drug-likeness (QED) is 0.294. The normalized spacial score (nSPS) is 13.4. The standard InChI is InChI=1S/C32H48N2O2.Co/c1-29(2,3)23-15-21(27(35)25(17-23)31(7,8)9)19-33-13-14-34-20-22-16-24(30(4,5)6)18-26(28(22)36)32(10,11)12;/h15-20,35-36H,13-14H2,1-12H3;/q;+2. The molecule has 37 heavy (non-hydrogen) atoms. The van der Waals surface area contributed by atoms with Crippen LogP contribution in [0.15, 0.2) is 34.3 Å². The van der Waals surface area contributed by atoms with E-state index in [0.717, 1.165) is 22.3 Å². The van der Waals surface area contributed by atoms with E-state index in [2.05, 4.69) is 105 Å². The van der Waals surface area contributed by atoms with Crippen molar-refractivity contribution in [3.63, 3.8) is 0 Å². The van der Waals surface area contributed by atoms with Gasteiger partial charge in [0.1, 0.15) is 11.5 Å². The SMILES string of the molecule is CC(C)(C)c1cc(C=NCCN=Cc2cc(C(C)(C)C)cc(C(C)(C)C)c2O)c(O)c(C(C)(C)C)c1.[Co+2]. The largest absolute Gasteiger partial charge is 2.00 e. The zero-order valence-corrected chi connectivity index (χ0v) is 26.0. The molecule has 5 heteroatoms. The number of aliphatic imine (C=N–C) groups is 2. The van der Waals surface area contributed by atoms with E-state index in [1.165, 1.54) is 11.1 Å². The summed E-state index contributed by atoms with van der Waals surface area (Å²) in [6.45, 7) is 26.7. The molecule has 205 valence electrons. The van der Waals surface area contributed by atoms with Crippen molar-refractivity contribution in [2.24, 2.45) is 9.98 Å². The van der Waals surface area contributed by atoms with Crippen molar-refractivity contribution < 1.29 is 27.0 Å². The third-order valence-electron chi connectivity index (χ3n) is 6.45. The first kappa shape index (κ1) is 32.9. The van der Waals surface area contributed by atoms with Crippen LogP contribution in [0.5, 0.6) is 11.5 Å². The van der Waals surface area contributed by atoms with Crippen molar-refractivity contribution in [3.8, 4) is 11.5 Å². The fourth-order valence-corrected chi connectivity index (χ4v) is 3.96. The van der Waals surface area contributed by atoms with Crippen LogP contribution >= 0.6 is 0 Å². The molecule has 0 aliphatic carbocycles. The first-order valence-corrected chi connectivity index (χ1v) is 13.0. The van der Waals surface area contributed by atoms with Crippen LogP contribution in [0.1, 0.15) is 116 Å². The summed E-state index contributed by atoms with van der Waals surface area (Å²) < 4.78 is 0. The van der Waals surface area contributed by atoms with Gasteiger partial charge in [0.2, 0.25) is 0 Å².